The van der Waals surface area contributed by atoms with Crippen LogP contribution in [-0.2, 0) is 36.3 Å². The molecular weight excluding hydrogens is 729 g/mol. The Bertz CT molecular complexity index is 2120. The number of nitrogens with zero attached hydrogens (tertiary/aromatic N) is 5. The van der Waals surface area contributed by atoms with Gasteiger partial charge >= 0.3 is 6.03 Å². The summed E-state index contributed by atoms with van der Waals surface area (Å²) in [5.74, 6) is 1.27. The number of ether oxygens (including phenoxy) is 2. The fourth-order valence-corrected chi connectivity index (χ4v) is 9.36. The molecule has 5 amide bonds. The Morgan fingerprint density at radius 3 is 2.33 bits per heavy atom. The Hall–Kier alpha value is -5.41. The molecule has 15 nitrogen and oxygen atoms in total. The molecule has 5 aliphatic rings. The van der Waals surface area contributed by atoms with E-state index in [1.165, 1.54) is 11.6 Å². The normalized spacial score (nSPS) is 20.8. The Kier molecular flexibility index (Phi) is 10.5. The van der Waals surface area contributed by atoms with E-state index in [1.54, 1.807) is 38.4 Å². The number of likely N-dealkylation sites (tertiary alicyclic amines) is 2. The van der Waals surface area contributed by atoms with Crippen molar-refractivity contribution in [1.29, 1.82) is 0 Å². The van der Waals surface area contributed by atoms with Crippen LogP contribution >= 0.6 is 0 Å². The number of carbonyl (C=O) groups is 4. The molecule has 8 rings (SSSR count). The van der Waals surface area contributed by atoms with Gasteiger partial charge in [-0.1, -0.05) is 6.07 Å². The first kappa shape index (κ1) is 38.5. The number of carbonyl (C=O) groups excluding carboxylic acids is 4. The van der Waals surface area contributed by atoms with Crippen LogP contribution in [0.3, 0.4) is 0 Å². The number of methoxy groups -OCH3 is 2. The first-order valence-electron chi connectivity index (χ1n) is 19.8. The number of nitrogens with one attached hydrogen (secondary N) is 3. The van der Waals surface area contributed by atoms with Crippen LogP contribution in [0, 0.1) is 11.3 Å². The maximum Gasteiger partial charge on any atom is 0.314 e. The highest BCUT2D eigenvalue weighted by Gasteiger charge is 2.46. The molecule has 0 bridgehead atoms. The number of pyridine rings is 1. The van der Waals surface area contributed by atoms with Crippen molar-refractivity contribution in [3.63, 3.8) is 0 Å². The van der Waals surface area contributed by atoms with Gasteiger partial charge in [-0.2, -0.15) is 0 Å². The molecule has 0 radical (unpaired) electrons. The van der Waals surface area contributed by atoms with Gasteiger partial charge in [-0.25, -0.2) is 4.79 Å². The third kappa shape index (κ3) is 7.57. The van der Waals surface area contributed by atoms with Crippen LogP contribution < -0.4 is 35.9 Å². The number of fused-ring (bicyclic) bond motifs is 1. The Morgan fingerprint density at radius 2 is 1.67 bits per heavy atom. The number of benzene rings is 2. The highest BCUT2D eigenvalue weighted by atomic mass is 16.5. The maximum absolute atomic E-state index is 13.4. The lowest BCUT2D eigenvalue weighted by Gasteiger charge is -2.55. The lowest BCUT2D eigenvalue weighted by molar-refractivity contribution is -0.136. The van der Waals surface area contributed by atoms with E-state index in [1.807, 2.05) is 24.3 Å². The number of hydrogen-bond donors (Lipinski definition) is 3. The molecular formula is C42H52N8O7. The number of amides is 5. The summed E-state index contributed by atoms with van der Waals surface area (Å²) < 4.78 is 13.3. The van der Waals surface area contributed by atoms with Crippen molar-refractivity contribution in [2.45, 2.75) is 51.4 Å². The van der Waals surface area contributed by atoms with Gasteiger partial charge in [-0.15, -0.1) is 0 Å². The molecule has 1 atom stereocenters. The van der Waals surface area contributed by atoms with Crippen LogP contribution in [0.25, 0.3) is 11.1 Å². The number of rotatable bonds is 11. The fraction of sp³-hybridized carbons (Fsp3) is 0.500. The lowest BCUT2D eigenvalue weighted by atomic mass is 9.71. The summed E-state index contributed by atoms with van der Waals surface area (Å²) in [6.07, 6.45) is 4.72. The predicted octanol–water partition coefficient (Wildman–Crippen LogP) is 2.29. The summed E-state index contributed by atoms with van der Waals surface area (Å²) in [6.45, 7) is 8.47. The Balaban J connectivity index is 0.818. The monoisotopic (exact) mass is 780 g/mol. The van der Waals surface area contributed by atoms with Crippen molar-refractivity contribution in [1.82, 2.24) is 35.2 Å². The molecule has 2 aromatic carbocycles. The number of aromatic nitrogens is 1. The summed E-state index contributed by atoms with van der Waals surface area (Å²) >= 11 is 0. The molecule has 5 aliphatic heterocycles. The van der Waals surface area contributed by atoms with Crippen LogP contribution in [0.2, 0.25) is 0 Å². The third-order valence-corrected chi connectivity index (χ3v) is 12.6. The topological polar surface area (TPSA) is 158 Å². The van der Waals surface area contributed by atoms with Crippen molar-refractivity contribution >= 4 is 29.4 Å². The predicted molar refractivity (Wildman–Crippen MR) is 213 cm³/mol. The van der Waals surface area contributed by atoms with Crippen molar-refractivity contribution < 1.29 is 28.7 Å². The van der Waals surface area contributed by atoms with Gasteiger partial charge in [0.25, 0.3) is 11.5 Å². The summed E-state index contributed by atoms with van der Waals surface area (Å²) in [6, 6.07) is 10.9. The van der Waals surface area contributed by atoms with Crippen molar-refractivity contribution in [3.8, 4) is 22.6 Å². The molecule has 302 valence electrons. The minimum atomic E-state index is -0.598. The number of anilines is 1. The Labute approximate surface area is 332 Å². The second kappa shape index (κ2) is 15.5. The molecule has 0 aliphatic carbocycles. The summed E-state index contributed by atoms with van der Waals surface area (Å²) in [5.41, 5.74) is 5.92. The average Bonchev–Trinajstić information content (AvgIpc) is 3.51. The maximum atomic E-state index is 13.4. The highest BCUT2D eigenvalue weighted by molar-refractivity contribution is 6.05. The first-order chi connectivity index (χ1) is 27.5. The molecule has 3 aromatic rings. The Morgan fingerprint density at radius 1 is 0.947 bits per heavy atom. The molecule has 0 saturated carbocycles. The first-order valence-corrected chi connectivity index (χ1v) is 19.8. The van der Waals surface area contributed by atoms with Gasteiger partial charge in [0.15, 0.2) is 0 Å². The molecule has 1 unspecified atom stereocenters. The molecule has 1 spiro atoms. The summed E-state index contributed by atoms with van der Waals surface area (Å²) in [5, 5.41) is 7.59. The van der Waals surface area contributed by atoms with E-state index in [9.17, 15) is 24.0 Å². The van der Waals surface area contributed by atoms with Gasteiger partial charge in [0.05, 0.1) is 19.8 Å². The number of hydrogen-bond acceptors (Lipinski definition) is 10. The standard InChI is InChI=1S/C42H52N8O7/c1-43-41(55)44-17-29-13-30(21-46(2)39(29)53)28-14-35(56-3)33(36(15-28)57-4)23-48-19-26(20-48)18-47-11-9-42(10-12-47)24-49(25-42)31-6-5-27-22-50(40(54)32(27)16-31)34-7-8-37(51)45-38(34)52/h5-6,13-16,21,26,34H,7-12,17-20,22-25H2,1-4H3,(H2,43,44,55)(H,45,51,52). The van der Waals surface area contributed by atoms with Gasteiger partial charge in [-0.05, 0) is 85.3 Å². The molecule has 3 N–H and O–H groups in total. The van der Waals surface area contributed by atoms with E-state index in [-0.39, 0.29) is 42.3 Å². The number of aryl methyl sites for hydroxylation is 1. The van der Waals surface area contributed by atoms with E-state index >= 15 is 0 Å². The van der Waals surface area contributed by atoms with Crippen LogP contribution in [0.15, 0.2) is 47.4 Å². The van der Waals surface area contributed by atoms with Gasteiger partial charge in [-0.3, -0.25) is 29.4 Å². The van der Waals surface area contributed by atoms with Gasteiger partial charge < -0.3 is 39.4 Å². The van der Waals surface area contributed by atoms with Crippen LogP contribution in [0.5, 0.6) is 11.5 Å². The minimum absolute atomic E-state index is 0.108. The quantitative estimate of drug-likeness (QED) is 0.247. The van der Waals surface area contributed by atoms with E-state index in [2.05, 4.69) is 36.7 Å². The number of imide groups is 1. The van der Waals surface area contributed by atoms with E-state index in [0.29, 0.717) is 42.0 Å². The largest absolute Gasteiger partial charge is 0.496 e. The van der Waals surface area contributed by atoms with Gasteiger partial charge in [0, 0.05) is 101 Å². The fourth-order valence-electron chi connectivity index (χ4n) is 9.36. The highest BCUT2D eigenvalue weighted by Crippen LogP contribution is 2.44. The van der Waals surface area contributed by atoms with Crippen molar-refractivity contribution in [2.75, 3.05) is 72.0 Å². The van der Waals surface area contributed by atoms with E-state index < -0.39 is 6.04 Å². The van der Waals surface area contributed by atoms with Gasteiger partial charge in [0.1, 0.15) is 17.5 Å². The van der Waals surface area contributed by atoms with Crippen LogP contribution in [0.4, 0.5) is 10.5 Å². The van der Waals surface area contributed by atoms with Gasteiger partial charge in [0.2, 0.25) is 11.8 Å². The smallest absolute Gasteiger partial charge is 0.314 e. The second-order valence-corrected chi connectivity index (χ2v) is 16.4. The molecule has 15 heteroatoms. The zero-order valence-electron chi connectivity index (χ0n) is 33.2. The van der Waals surface area contributed by atoms with Crippen molar-refractivity contribution in [2.24, 2.45) is 18.4 Å². The number of urea groups is 1. The molecule has 57 heavy (non-hydrogen) atoms. The molecule has 1 aromatic heterocycles. The summed E-state index contributed by atoms with van der Waals surface area (Å²) in [7, 11) is 6.56. The zero-order valence-corrected chi connectivity index (χ0v) is 33.2. The SMILES string of the molecule is CNC(=O)NCc1cc(-c2cc(OC)c(CN3CC(CN4CCC5(CC4)CN(c4ccc6c(c4)C(=O)N(C4CCC(=O)NC4=O)C6)C5)C3)c(OC)c2)cn(C)c1=O. The van der Waals surface area contributed by atoms with E-state index in [4.69, 9.17) is 9.47 Å². The molecule has 4 saturated heterocycles. The third-order valence-electron chi connectivity index (χ3n) is 12.6. The second-order valence-electron chi connectivity index (χ2n) is 16.4. The number of piperidine rings is 2. The molecule has 4 fully saturated rings. The average molecular weight is 781 g/mol. The van der Waals surface area contributed by atoms with Crippen LogP contribution in [-0.4, -0.2) is 116 Å². The van der Waals surface area contributed by atoms with E-state index in [0.717, 1.165) is 98.1 Å². The zero-order chi connectivity index (χ0) is 40.0. The van der Waals surface area contributed by atoms with Crippen molar-refractivity contribution in [3.05, 3.63) is 75.2 Å². The lowest BCUT2D eigenvalue weighted by Crippen LogP contribution is -2.61. The van der Waals surface area contributed by atoms with Crippen LogP contribution in [0.1, 0.15) is 52.7 Å². The minimum Gasteiger partial charge on any atom is -0.496 e. The summed E-state index contributed by atoms with van der Waals surface area (Å²) in [4.78, 5) is 71.0. The molecule has 6 heterocycles.